The van der Waals surface area contributed by atoms with Gasteiger partial charge in [-0.25, -0.2) is 10.1 Å². The number of hydrogen-bond acceptors (Lipinski definition) is 3. The number of thiophene rings is 1. The van der Waals surface area contributed by atoms with Crippen LogP contribution in [-0.2, 0) is 0 Å². The number of aromatic nitrogens is 5. The third-order valence-electron chi connectivity index (χ3n) is 4.76. The van der Waals surface area contributed by atoms with Gasteiger partial charge in [0.25, 0.3) is 0 Å². The van der Waals surface area contributed by atoms with Crippen LogP contribution in [0.2, 0.25) is 0 Å². The molecule has 4 heterocycles. The number of rotatable bonds is 2. The first kappa shape index (κ1) is 14.6. The Labute approximate surface area is 157 Å². The summed E-state index contributed by atoms with van der Waals surface area (Å²) in [5, 5.41) is 6.58. The first-order chi connectivity index (χ1) is 13.3. The van der Waals surface area contributed by atoms with Gasteiger partial charge in [0.05, 0.1) is 21.3 Å². The van der Waals surface area contributed by atoms with Gasteiger partial charge in [-0.1, -0.05) is 12.1 Å². The van der Waals surface area contributed by atoms with Gasteiger partial charge in [0, 0.05) is 23.1 Å². The lowest BCUT2D eigenvalue weighted by Crippen LogP contribution is -2.32. The second-order valence-electron chi connectivity index (χ2n) is 6.49. The van der Waals surface area contributed by atoms with Crippen LogP contribution in [0.15, 0.2) is 72.2 Å². The number of H-pyrrole nitrogens is 2. The van der Waals surface area contributed by atoms with E-state index in [0.717, 1.165) is 44.7 Å². The van der Waals surface area contributed by atoms with E-state index in [1.54, 1.807) is 11.3 Å². The molecule has 4 aromatic heterocycles. The molecule has 128 valence electrons. The molecule has 5 nitrogen and oxygen atoms in total. The molecule has 2 N–H and O–H groups in total. The quantitative estimate of drug-likeness (QED) is 0.439. The molecule has 6 heteroatoms. The van der Waals surface area contributed by atoms with Gasteiger partial charge >= 0.3 is 5.82 Å². The molecule has 0 fully saturated rings. The van der Waals surface area contributed by atoms with Crippen LogP contribution >= 0.6 is 11.3 Å². The number of nitrogens with zero attached hydrogens (tertiary/aromatic N) is 3. The van der Waals surface area contributed by atoms with E-state index in [0.29, 0.717) is 0 Å². The van der Waals surface area contributed by atoms with Crippen LogP contribution in [0.5, 0.6) is 0 Å². The van der Waals surface area contributed by atoms with Crippen molar-refractivity contribution in [1.29, 1.82) is 0 Å². The van der Waals surface area contributed by atoms with Crippen LogP contribution in [0.4, 0.5) is 0 Å². The molecule has 0 saturated carbocycles. The number of aromatic amines is 2. The third kappa shape index (κ3) is 2.34. The van der Waals surface area contributed by atoms with Crippen molar-refractivity contribution in [2.75, 3.05) is 0 Å². The number of para-hydroxylation sites is 2. The number of imidazole rings is 1. The van der Waals surface area contributed by atoms with Crippen LogP contribution in [0, 0.1) is 0 Å². The molecule has 0 aliphatic carbocycles. The lowest BCUT2D eigenvalue weighted by atomic mass is 10.1. The molecule has 0 unspecified atom stereocenters. The van der Waals surface area contributed by atoms with E-state index in [-0.39, 0.29) is 0 Å². The minimum Gasteiger partial charge on any atom is -0.338 e. The van der Waals surface area contributed by atoms with Crippen LogP contribution < -0.4 is 4.68 Å². The summed E-state index contributed by atoms with van der Waals surface area (Å²) in [6.45, 7) is 0. The molecule has 0 amide bonds. The molecule has 2 aromatic carbocycles. The highest BCUT2D eigenvalue weighted by atomic mass is 32.1. The van der Waals surface area contributed by atoms with Gasteiger partial charge in [-0.05, 0) is 46.8 Å². The lowest BCUT2D eigenvalue weighted by molar-refractivity contribution is -0.656. The smallest absolute Gasteiger partial charge is 0.338 e. The summed E-state index contributed by atoms with van der Waals surface area (Å²) in [6, 6.07) is 20.6. The summed E-state index contributed by atoms with van der Waals surface area (Å²) in [7, 11) is 0. The molecule has 0 aliphatic heterocycles. The number of pyridine rings is 1. The molecule has 0 aliphatic rings. The zero-order chi connectivity index (χ0) is 17.8. The predicted octanol–water partition coefficient (Wildman–Crippen LogP) is 4.60. The van der Waals surface area contributed by atoms with Crippen molar-refractivity contribution in [2.24, 2.45) is 0 Å². The van der Waals surface area contributed by atoms with Crippen molar-refractivity contribution < 1.29 is 4.68 Å². The van der Waals surface area contributed by atoms with Crippen LogP contribution in [0.25, 0.3) is 49.4 Å². The van der Waals surface area contributed by atoms with Gasteiger partial charge in [0.1, 0.15) is 12.0 Å². The van der Waals surface area contributed by atoms with E-state index < -0.39 is 0 Å². The molecule has 27 heavy (non-hydrogen) atoms. The highest BCUT2D eigenvalue weighted by Crippen LogP contribution is 2.24. The average Bonchev–Trinajstić information content (AvgIpc) is 3.42. The third-order valence-corrected chi connectivity index (χ3v) is 5.63. The topological polar surface area (TPSA) is 61.2 Å². The van der Waals surface area contributed by atoms with Gasteiger partial charge in [-0.3, -0.25) is 0 Å². The van der Waals surface area contributed by atoms with E-state index in [1.807, 2.05) is 41.1 Å². The number of fused-ring (bicyclic) bond motifs is 3. The van der Waals surface area contributed by atoms with Crippen LogP contribution in [0.3, 0.4) is 0 Å². The van der Waals surface area contributed by atoms with Crippen molar-refractivity contribution in [3.05, 3.63) is 72.2 Å². The summed E-state index contributed by atoms with van der Waals surface area (Å²) in [5.74, 6) is 1.76. The Balaban J connectivity index is 1.46. The maximum absolute atomic E-state index is 4.73. The summed E-state index contributed by atoms with van der Waals surface area (Å²) >= 11 is 1.71. The molecule has 6 aromatic rings. The van der Waals surface area contributed by atoms with Crippen LogP contribution in [-0.4, -0.2) is 20.1 Å². The Bertz CT molecular complexity index is 1410. The zero-order valence-corrected chi connectivity index (χ0v) is 15.0. The normalized spacial score (nSPS) is 11.7. The molecular weight excluding hydrogens is 354 g/mol. The SMILES string of the molecule is c1ccc2[nH]c(-c3ccc4[nH][n+](-c5ccc6sccc6n5)cc4c3)nc2c1. The predicted molar refractivity (Wildman–Crippen MR) is 108 cm³/mol. The fourth-order valence-electron chi connectivity index (χ4n) is 3.41. The Morgan fingerprint density at radius 2 is 1.81 bits per heavy atom. The summed E-state index contributed by atoms with van der Waals surface area (Å²) in [4.78, 5) is 12.8. The first-order valence-electron chi connectivity index (χ1n) is 8.68. The fourth-order valence-corrected chi connectivity index (χ4v) is 4.13. The molecule has 0 bridgehead atoms. The van der Waals surface area contributed by atoms with E-state index in [1.165, 1.54) is 4.70 Å². The molecule has 0 spiro atoms. The minimum absolute atomic E-state index is 0.877. The van der Waals surface area contributed by atoms with Gasteiger partial charge < -0.3 is 4.98 Å². The summed E-state index contributed by atoms with van der Waals surface area (Å²) in [6.07, 6.45) is 2.07. The van der Waals surface area contributed by atoms with E-state index >= 15 is 0 Å². The molecule has 0 radical (unpaired) electrons. The zero-order valence-electron chi connectivity index (χ0n) is 14.2. The van der Waals surface area contributed by atoms with Gasteiger partial charge in [-0.2, -0.15) is 0 Å². The molecule has 6 rings (SSSR count). The van der Waals surface area contributed by atoms with Gasteiger partial charge in [0.15, 0.2) is 5.52 Å². The highest BCUT2D eigenvalue weighted by Gasteiger charge is 2.14. The number of nitrogens with one attached hydrogen (secondary N) is 2. The van der Waals surface area contributed by atoms with Crippen molar-refractivity contribution in [2.45, 2.75) is 0 Å². The second kappa shape index (κ2) is 5.49. The second-order valence-corrected chi connectivity index (χ2v) is 7.44. The highest BCUT2D eigenvalue weighted by molar-refractivity contribution is 7.17. The summed E-state index contributed by atoms with van der Waals surface area (Å²) in [5.41, 5.74) is 5.16. The monoisotopic (exact) mass is 368 g/mol. The Hall–Kier alpha value is -3.51. The average molecular weight is 368 g/mol. The standard InChI is InChI=1S/C21H13N5S/c1-2-4-17-16(3-1)23-21(24-17)13-5-6-15-14(11-13)12-26(25-15)20-8-7-19-18(22-20)9-10-27-19/h1-12H,(H,23,24)/p+1. The molecular formula is C21H14N5S+. The van der Waals surface area contributed by atoms with E-state index in [2.05, 4.69) is 45.9 Å². The van der Waals surface area contributed by atoms with Crippen molar-refractivity contribution in [3.63, 3.8) is 0 Å². The van der Waals surface area contributed by atoms with E-state index in [9.17, 15) is 0 Å². The lowest BCUT2D eigenvalue weighted by Gasteiger charge is -1.95. The largest absolute Gasteiger partial charge is 0.346 e. The summed E-state index contributed by atoms with van der Waals surface area (Å²) < 4.78 is 3.16. The fraction of sp³-hybridized carbons (Fsp3) is 0. The van der Waals surface area contributed by atoms with Gasteiger partial charge in [-0.15, -0.1) is 16.0 Å². The van der Waals surface area contributed by atoms with Crippen molar-refractivity contribution in [1.82, 2.24) is 20.1 Å². The molecule has 0 saturated heterocycles. The maximum Gasteiger partial charge on any atom is 0.346 e. The Morgan fingerprint density at radius 1 is 0.852 bits per heavy atom. The maximum atomic E-state index is 4.73. The van der Waals surface area contributed by atoms with E-state index in [4.69, 9.17) is 9.97 Å². The molecule has 0 atom stereocenters. The number of benzene rings is 2. The minimum atomic E-state index is 0.877. The number of hydrogen-bond donors (Lipinski definition) is 2. The Kier molecular flexibility index (Phi) is 2.98. The van der Waals surface area contributed by atoms with Gasteiger partial charge in [0.2, 0.25) is 0 Å². The first-order valence-corrected chi connectivity index (χ1v) is 9.56. The van der Waals surface area contributed by atoms with Crippen LogP contribution in [0.1, 0.15) is 0 Å². The van der Waals surface area contributed by atoms with Crippen molar-refractivity contribution in [3.8, 4) is 17.2 Å². The Morgan fingerprint density at radius 3 is 2.78 bits per heavy atom. The van der Waals surface area contributed by atoms with Crippen molar-refractivity contribution >= 4 is 43.5 Å².